The Kier molecular flexibility index (Phi) is 5.57. The largest absolute Gasteiger partial charge is 0.382 e. The van der Waals surface area contributed by atoms with Gasteiger partial charge in [0.1, 0.15) is 6.33 Å². The topological polar surface area (TPSA) is 61.2 Å². The van der Waals surface area contributed by atoms with E-state index in [1.807, 2.05) is 4.68 Å². The summed E-state index contributed by atoms with van der Waals surface area (Å²) in [6, 6.07) is 0.700. The molecule has 1 N–H and O–H groups in total. The molecule has 0 radical (unpaired) electrons. The van der Waals surface area contributed by atoms with E-state index in [4.69, 9.17) is 9.47 Å². The van der Waals surface area contributed by atoms with E-state index in [1.54, 1.807) is 13.4 Å². The van der Waals surface area contributed by atoms with Crippen molar-refractivity contribution in [1.82, 2.24) is 20.1 Å². The molecule has 1 heterocycles. The van der Waals surface area contributed by atoms with Gasteiger partial charge in [-0.3, -0.25) is 4.68 Å². The van der Waals surface area contributed by atoms with Gasteiger partial charge in [0.05, 0.1) is 19.8 Å². The second-order valence-electron chi connectivity index (χ2n) is 4.54. The number of rotatable bonds is 10. The molecular weight excluding hydrogens is 232 g/mol. The molecule has 0 atom stereocenters. The smallest absolute Gasteiger partial charge is 0.164 e. The Morgan fingerprint density at radius 2 is 2.28 bits per heavy atom. The van der Waals surface area contributed by atoms with Crippen LogP contribution in [0, 0.1) is 0 Å². The van der Waals surface area contributed by atoms with Crippen molar-refractivity contribution in [3.8, 4) is 0 Å². The van der Waals surface area contributed by atoms with Gasteiger partial charge in [0.25, 0.3) is 0 Å². The van der Waals surface area contributed by atoms with Gasteiger partial charge in [0, 0.05) is 26.3 Å². The van der Waals surface area contributed by atoms with Gasteiger partial charge in [0.2, 0.25) is 0 Å². The molecule has 0 unspecified atom stereocenters. The monoisotopic (exact) mass is 254 g/mol. The molecule has 0 saturated heterocycles. The summed E-state index contributed by atoms with van der Waals surface area (Å²) < 4.78 is 12.2. The Hall–Kier alpha value is -0.980. The van der Waals surface area contributed by atoms with E-state index in [0.717, 1.165) is 31.9 Å². The number of aryl methyl sites for hydroxylation is 1. The fourth-order valence-corrected chi connectivity index (χ4v) is 1.62. The fraction of sp³-hybridized carbons (Fsp3) is 0.833. The maximum Gasteiger partial charge on any atom is 0.164 e. The van der Waals surface area contributed by atoms with Crippen LogP contribution in [0.25, 0.3) is 0 Å². The van der Waals surface area contributed by atoms with Crippen LogP contribution >= 0.6 is 0 Å². The lowest BCUT2D eigenvalue weighted by atomic mass is 10.4. The van der Waals surface area contributed by atoms with Gasteiger partial charge in [-0.1, -0.05) is 0 Å². The fourth-order valence-electron chi connectivity index (χ4n) is 1.62. The number of nitrogens with zero attached hydrogens (tertiary/aromatic N) is 3. The van der Waals surface area contributed by atoms with E-state index in [-0.39, 0.29) is 0 Å². The molecule has 0 spiro atoms. The number of hydrogen-bond acceptors (Lipinski definition) is 5. The zero-order valence-corrected chi connectivity index (χ0v) is 11.0. The number of hydrogen-bond donors (Lipinski definition) is 1. The molecule has 2 rings (SSSR count). The third kappa shape index (κ3) is 5.12. The SMILES string of the molecule is COCCOCCCn1cnc(CNC2CC2)n1. The number of ether oxygens (including phenoxy) is 2. The van der Waals surface area contributed by atoms with Crippen molar-refractivity contribution in [3.63, 3.8) is 0 Å². The Morgan fingerprint density at radius 1 is 1.39 bits per heavy atom. The molecule has 1 aromatic heterocycles. The lowest BCUT2D eigenvalue weighted by Crippen LogP contribution is -2.16. The highest BCUT2D eigenvalue weighted by atomic mass is 16.5. The Labute approximate surface area is 108 Å². The lowest BCUT2D eigenvalue weighted by molar-refractivity contribution is 0.0677. The van der Waals surface area contributed by atoms with Crippen molar-refractivity contribution in [3.05, 3.63) is 12.2 Å². The predicted octanol–water partition coefficient (Wildman–Crippen LogP) is 0.583. The van der Waals surface area contributed by atoms with Crippen LogP contribution in [-0.2, 0) is 22.6 Å². The molecule has 6 nitrogen and oxygen atoms in total. The van der Waals surface area contributed by atoms with Crippen LogP contribution in [0.4, 0.5) is 0 Å². The van der Waals surface area contributed by atoms with Crippen LogP contribution in [0.3, 0.4) is 0 Å². The summed E-state index contributed by atoms with van der Waals surface area (Å²) in [6.45, 7) is 3.68. The average molecular weight is 254 g/mol. The molecule has 0 aromatic carbocycles. The molecule has 1 saturated carbocycles. The van der Waals surface area contributed by atoms with E-state index in [9.17, 15) is 0 Å². The third-order valence-electron chi connectivity index (χ3n) is 2.82. The summed E-state index contributed by atoms with van der Waals surface area (Å²) in [5.41, 5.74) is 0. The molecule has 0 aliphatic heterocycles. The standard InChI is InChI=1S/C12H22N4O2/c1-17-7-8-18-6-2-5-16-10-14-12(15-16)9-13-11-3-4-11/h10-11,13H,2-9H2,1H3. The zero-order chi connectivity index (χ0) is 12.6. The first-order chi connectivity index (χ1) is 8.88. The highest BCUT2D eigenvalue weighted by molar-refractivity contribution is 4.86. The van der Waals surface area contributed by atoms with Crippen LogP contribution in [0.2, 0.25) is 0 Å². The molecule has 0 bridgehead atoms. The summed E-state index contributed by atoms with van der Waals surface area (Å²) >= 11 is 0. The average Bonchev–Trinajstić information content (AvgIpc) is 3.11. The third-order valence-corrected chi connectivity index (χ3v) is 2.82. The number of nitrogens with one attached hydrogen (secondary N) is 1. The first-order valence-electron chi connectivity index (χ1n) is 6.57. The van der Waals surface area contributed by atoms with Crippen LogP contribution in [-0.4, -0.2) is 47.7 Å². The van der Waals surface area contributed by atoms with Gasteiger partial charge >= 0.3 is 0 Å². The van der Waals surface area contributed by atoms with Crippen LogP contribution in [0.15, 0.2) is 6.33 Å². The van der Waals surface area contributed by atoms with Crippen molar-refractivity contribution in [2.24, 2.45) is 0 Å². The normalized spacial score (nSPS) is 15.2. The van der Waals surface area contributed by atoms with E-state index in [1.165, 1.54) is 12.8 Å². The molecular formula is C12H22N4O2. The van der Waals surface area contributed by atoms with Crippen molar-refractivity contribution in [2.75, 3.05) is 26.9 Å². The van der Waals surface area contributed by atoms with Crippen molar-refractivity contribution < 1.29 is 9.47 Å². The first kappa shape index (κ1) is 13.5. The molecule has 1 aliphatic carbocycles. The Bertz CT molecular complexity index is 339. The van der Waals surface area contributed by atoms with Gasteiger partial charge < -0.3 is 14.8 Å². The van der Waals surface area contributed by atoms with Crippen LogP contribution < -0.4 is 5.32 Å². The predicted molar refractivity (Wildman–Crippen MR) is 67.2 cm³/mol. The minimum absolute atomic E-state index is 0.653. The molecule has 1 aliphatic rings. The van der Waals surface area contributed by atoms with E-state index < -0.39 is 0 Å². The minimum Gasteiger partial charge on any atom is -0.382 e. The molecule has 18 heavy (non-hydrogen) atoms. The van der Waals surface area contributed by atoms with Crippen molar-refractivity contribution in [1.29, 1.82) is 0 Å². The highest BCUT2D eigenvalue weighted by Crippen LogP contribution is 2.18. The number of methoxy groups -OCH3 is 1. The summed E-state index contributed by atoms with van der Waals surface area (Å²) in [7, 11) is 1.68. The molecule has 6 heteroatoms. The molecule has 102 valence electrons. The zero-order valence-electron chi connectivity index (χ0n) is 11.0. The lowest BCUT2D eigenvalue weighted by Gasteiger charge is -2.03. The van der Waals surface area contributed by atoms with E-state index >= 15 is 0 Å². The maximum atomic E-state index is 5.39. The van der Waals surface area contributed by atoms with Crippen LogP contribution in [0.1, 0.15) is 25.1 Å². The summed E-state index contributed by atoms with van der Waals surface area (Å²) in [6.07, 6.45) is 5.32. The van der Waals surface area contributed by atoms with Crippen molar-refractivity contribution >= 4 is 0 Å². The van der Waals surface area contributed by atoms with E-state index in [0.29, 0.717) is 19.3 Å². The highest BCUT2D eigenvalue weighted by Gasteiger charge is 2.20. The summed E-state index contributed by atoms with van der Waals surface area (Å²) in [5.74, 6) is 0.877. The summed E-state index contributed by atoms with van der Waals surface area (Å²) in [5, 5.41) is 7.81. The van der Waals surface area contributed by atoms with Gasteiger partial charge in [-0.05, 0) is 19.3 Å². The number of aromatic nitrogens is 3. The Morgan fingerprint density at radius 3 is 3.06 bits per heavy atom. The summed E-state index contributed by atoms with van der Waals surface area (Å²) in [4.78, 5) is 4.27. The molecule has 0 amide bonds. The quantitative estimate of drug-likeness (QED) is 0.619. The first-order valence-corrected chi connectivity index (χ1v) is 6.57. The molecule has 1 fully saturated rings. The maximum absolute atomic E-state index is 5.39. The van der Waals surface area contributed by atoms with Gasteiger partial charge in [-0.25, -0.2) is 4.98 Å². The van der Waals surface area contributed by atoms with Gasteiger partial charge in [0.15, 0.2) is 5.82 Å². The van der Waals surface area contributed by atoms with Gasteiger partial charge in [-0.2, -0.15) is 5.10 Å². The van der Waals surface area contributed by atoms with Crippen molar-refractivity contribution in [2.45, 2.75) is 38.4 Å². The van der Waals surface area contributed by atoms with E-state index in [2.05, 4.69) is 15.4 Å². The Balaban J connectivity index is 1.54. The minimum atomic E-state index is 0.653. The molecule has 1 aromatic rings. The van der Waals surface area contributed by atoms with Gasteiger partial charge in [-0.15, -0.1) is 0 Å². The second-order valence-corrected chi connectivity index (χ2v) is 4.54. The second kappa shape index (κ2) is 7.45. The van der Waals surface area contributed by atoms with Crippen LogP contribution in [0.5, 0.6) is 0 Å².